The Kier molecular flexibility index (Phi) is 1.57. The van der Waals surface area contributed by atoms with Crippen molar-refractivity contribution in [3.63, 3.8) is 0 Å². The lowest BCUT2D eigenvalue weighted by Crippen LogP contribution is -2.33. The minimum atomic E-state index is -0.890. The molecule has 0 aromatic heterocycles. The molecule has 0 saturated heterocycles. The summed E-state index contributed by atoms with van der Waals surface area (Å²) in [7, 11) is 0. The molecule has 1 aliphatic rings. The van der Waals surface area contributed by atoms with E-state index in [1.165, 1.54) is 0 Å². The van der Waals surface area contributed by atoms with Crippen LogP contribution in [0, 0.1) is 5.92 Å². The van der Waals surface area contributed by atoms with Gasteiger partial charge in [0.1, 0.15) is 0 Å². The summed E-state index contributed by atoms with van der Waals surface area (Å²) in [6, 6.07) is 0. The predicted molar refractivity (Wildman–Crippen MR) is 39.6 cm³/mol. The maximum Gasteiger partial charge on any atom is 0.0982 e. The van der Waals surface area contributed by atoms with E-state index in [1.807, 2.05) is 0 Å². The Bertz CT molecular complexity index is 189. The number of hydrogen-bond acceptors (Lipinski definition) is 2. The van der Waals surface area contributed by atoms with Crippen molar-refractivity contribution < 1.29 is 10.2 Å². The average molecular weight is 140 g/mol. The number of aliphatic hydroxyl groups excluding tert-OH is 1. The van der Waals surface area contributed by atoms with Gasteiger partial charge in [-0.15, -0.1) is 0 Å². The van der Waals surface area contributed by atoms with Crippen LogP contribution in [0.2, 0.25) is 0 Å². The molecule has 2 N–H and O–H groups in total. The maximum atomic E-state index is 9.53. The van der Waals surface area contributed by atoms with Gasteiger partial charge in [-0.3, -0.25) is 0 Å². The predicted octanol–water partition coefficient (Wildman–Crippen LogP) is 1.39. The van der Waals surface area contributed by atoms with Crippen LogP contribution in [0.15, 0.2) is 24.0 Å². The van der Waals surface area contributed by atoms with Gasteiger partial charge in [-0.25, -0.2) is 0 Å². The highest BCUT2D eigenvalue weighted by atomic mass is 16.3. The number of rotatable bonds is 0. The van der Waals surface area contributed by atoms with Gasteiger partial charge < -0.3 is 10.2 Å². The van der Waals surface area contributed by atoms with Crippen molar-refractivity contribution >= 4 is 0 Å². The van der Waals surface area contributed by atoms with Gasteiger partial charge in [-0.1, -0.05) is 19.1 Å². The smallest absolute Gasteiger partial charge is 0.0982 e. The zero-order valence-electron chi connectivity index (χ0n) is 6.20. The Balaban J connectivity index is 2.89. The van der Waals surface area contributed by atoms with E-state index in [-0.39, 0.29) is 11.7 Å². The lowest BCUT2D eigenvalue weighted by atomic mass is 9.86. The van der Waals surface area contributed by atoms with E-state index in [0.717, 1.165) is 0 Å². The largest absolute Gasteiger partial charge is 0.512 e. The second kappa shape index (κ2) is 2.13. The van der Waals surface area contributed by atoms with Crippen LogP contribution in [0.3, 0.4) is 0 Å². The summed E-state index contributed by atoms with van der Waals surface area (Å²) in [5.74, 6) is 0.0463. The minimum Gasteiger partial charge on any atom is -0.512 e. The van der Waals surface area contributed by atoms with Gasteiger partial charge >= 0.3 is 0 Å². The lowest BCUT2D eigenvalue weighted by molar-refractivity contribution is 0.0494. The summed E-state index contributed by atoms with van der Waals surface area (Å²) in [6.07, 6.45) is 4.94. The molecule has 0 saturated carbocycles. The average Bonchev–Trinajstić information content (AvgIpc) is 1.83. The molecule has 0 heterocycles. The van der Waals surface area contributed by atoms with Crippen molar-refractivity contribution in [1.82, 2.24) is 0 Å². The summed E-state index contributed by atoms with van der Waals surface area (Å²) in [5, 5.41) is 18.7. The summed E-state index contributed by atoms with van der Waals surface area (Å²) in [5.41, 5.74) is -0.890. The molecule has 0 spiro atoms. The van der Waals surface area contributed by atoms with Gasteiger partial charge in [-0.2, -0.15) is 0 Å². The Morgan fingerprint density at radius 1 is 1.60 bits per heavy atom. The summed E-state index contributed by atoms with van der Waals surface area (Å²) in [4.78, 5) is 0. The van der Waals surface area contributed by atoms with Crippen molar-refractivity contribution in [3.8, 4) is 0 Å². The molecule has 0 amide bonds. The Labute approximate surface area is 60.5 Å². The highest BCUT2D eigenvalue weighted by Gasteiger charge is 2.29. The molecule has 1 aliphatic carbocycles. The van der Waals surface area contributed by atoms with E-state index >= 15 is 0 Å². The third-order valence-corrected chi connectivity index (χ3v) is 2.02. The highest BCUT2D eigenvalue weighted by Crippen LogP contribution is 2.27. The van der Waals surface area contributed by atoms with Crippen LogP contribution in [0.4, 0.5) is 0 Å². The molecule has 2 nitrogen and oxygen atoms in total. The molecular formula is C8H12O2. The third kappa shape index (κ3) is 1.07. The van der Waals surface area contributed by atoms with E-state index in [1.54, 1.807) is 32.1 Å². The summed E-state index contributed by atoms with van der Waals surface area (Å²) >= 11 is 0. The van der Waals surface area contributed by atoms with Gasteiger partial charge in [-0.05, 0) is 13.0 Å². The first-order valence-corrected chi connectivity index (χ1v) is 3.35. The molecule has 2 atom stereocenters. The monoisotopic (exact) mass is 140 g/mol. The standard InChI is InChI=1S/C8H12O2/c1-6-7(9)4-3-5-8(6,2)10/h3-6,9-10H,1-2H3. The second-order valence-corrected chi connectivity index (χ2v) is 2.90. The van der Waals surface area contributed by atoms with Gasteiger partial charge in [0.2, 0.25) is 0 Å². The molecule has 0 aromatic carbocycles. The van der Waals surface area contributed by atoms with Crippen molar-refractivity contribution in [3.05, 3.63) is 24.0 Å². The Morgan fingerprint density at radius 2 is 2.20 bits per heavy atom. The van der Waals surface area contributed by atoms with Crippen molar-refractivity contribution in [2.75, 3.05) is 0 Å². The van der Waals surface area contributed by atoms with Crippen LogP contribution in [0.1, 0.15) is 13.8 Å². The molecular weight excluding hydrogens is 128 g/mol. The van der Waals surface area contributed by atoms with Crippen LogP contribution in [-0.2, 0) is 0 Å². The SMILES string of the molecule is CC1C(O)=CC=CC1(C)O. The van der Waals surface area contributed by atoms with E-state index in [4.69, 9.17) is 5.11 Å². The molecule has 0 fully saturated rings. The summed E-state index contributed by atoms with van der Waals surface area (Å²) < 4.78 is 0. The van der Waals surface area contributed by atoms with Crippen LogP contribution >= 0.6 is 0 Å². The van der Waals surface area contributed by atoms with E-state index in [0.29, 0.717) is 0 Å². The first-order chi connectivity index (χ1) is 4.54. The van der Waals surface area contributed by atoms with E-state index < -0.39 is 5.60 Å². The topological polar surface area (TPSA) is 40.5 Å². The van der Waals surface area contributed by atoms with Gasteiger partial charge in [0, 0.05) is 5.92 Å². The van der Waals surface area contributed by atoms with Gasteiger partial charge in [0.05, 0.1) is 11.4 Å². The minimum absolute atomic E-state index is 0.197. The van der Waals surface area contributed by atoms with Crippen LogP contribution in [-0.4, -0.2) is 15.8 Å². The second-order valence-electron chi connectivity index (χ2n) is 2.90. The molecule has 2 unspecified atom stereocenters. The fraction of sp³-hybridized carbons (Fsp3) is 0.500. The number of aliphatic hydroxyl groups is 2. The maximum absolute atomic E-state index is 9.53. The fourth-order valence-corrected chi connectivity index (χ4v) is 0.930. The van der Waals surface area contributed by atoms with Crippen LogP contribution < -0.4 is 0 Å². The molecule has 0 radical (unpaired) electrons. The zero-order valence-corrected chi connectivity index (χ0v) is 6.20. The first kappa shape index (κ1) is 7.35. The van der Waals surface area contributed by atoms with Crippen molar-refractivity contribution in [1.29, 1.82) is 0 Å². The van der Waals surface area contributed by atoms with Crippen LogP contribution in [0.5, 0.6) is 0 Å². The Hall–Kier alpha value is -0.760. The molecule has 2 heteroatoms. The van der Waals surface area contributed by atoms with Gasteiger partial charge in [0.15, 0.2) is 0 Å². The highest BCUT2D eigenvalue weighted by molar-refractivity contribution is 5.22. The van der Waals surface area contributed by atoms with E-state index in [9.17, 15) is 5.11 Å². The first-order valence-electron chi connectivity index (χ1n) is 3.35. The van der Waals surface area contributed by atoms with Crippen molar-refractivity contribution in [2.24, 2.45) is 5.92 Å². The van der Waals surface area contributed by atoms with Gasteiger partial charge in [0.25, 0.3) is 0 Å². The van der Waals surface area contributed by atoms with E-state index in [2.05, 4.69) is 0 Å². The quantitative estimate of drug-likeness (QED) is 0.533. The third-order valence-electron chi connectivity index (χ3n) is 2.02. The molecule has 0 aliphatic heterocycles. The Morgan fingerprint density at radius 3 is 2.60 bits per heavy atom. The lowest BCUT2D eigenvalue weighted by Gasteiger charge is -2.28. The number of allylic oxidation sites excluding steroid dienone is 2. The van der Waals surface area contributed by atoms with Crippen molar-refractivity contribution in [2.45, 2.75) is 19.4 Å². The summed E-state index contributed by atoms with van der Waals surface area (Å²) in [6.45, 7) is 3.46. The number of hydrogen-bond donors (Lipinski definition) is 2. The molecule has 56 valence electrons. The zero-order chi connectivity index (χ0) is 7.78. The molecule has 0 aromatic rings. The van der Waals surface area contributed by atoms with Crippen LogP contribution in [0.25, 0.3) is 0 Å². The molecule has 10 heavy (non-hydrogen) atoms. The normalized spacial score (nSPS) is 39.5. The fourth-order valence-electron chi connectivity index (χ4n) is 0.930. The molecule has 1 rings (SSSR count). The molecule has 0 bridgehead atoms.